The van der Waals surface area contributed by atoms with E-state index in [0.29, 0.717) is 12.1 Å². The predicted molar refractivity (Wildman–Crippen MR) is 57.0 cm³/mol. The Balaban J connectivity index is 3.29. The van der Waals surface area contributed by atoms with Gasteiger partial charge in [0.25, 0.3) is 0 Å². The van der Waals surface area contributed by atoms with Crippen LogP contribution < -0.4 is 0 Å². The summed E-state index contributed by atoms with van der Waals surface area (Å²) >= 11 is 0. The number of halogens is 9. The molecule has 23 heavy (non-hydrogen) atoms. The number of alkyl halides is 9. The topological polar surface area (TPSA) is 44.0 Å². The van der Waals surface area contributed by atoms with Gasteiger partial charge in [-0.1, -0.05) is 12.1 Å². The van der Waals surface area contributed by atoms with Crippen LogP contribution in [0.1, 0.15) is 17.2 Å². The lowest BCUT2D eigenvalue weighted by Crippen LogP contribution is -2.62. The van der Waals surface area contributed by atoms with Gasteiger partial charge in [-0.05, 0) is 17.7 Å². The van der Waals surface area contributed by atoms with Gasteiger partial charge < -0.3 is 5.11 Å². The quantitative estimate of drug-likeness (QED) is 0.832. The summed E-state index contributed by atoms with van der Waals surface area (Å²) in [6, 6.07) is 4.15. The summed E-state index contributed by atoms with van der Waals surface area (Å²) < 4.78 is 114. The zero-order chi connectivity index (χ0) is 18.3. The van der Waals surface area contributed by atoms with Gasteiger partial charge in [0.2, 0.25) is 0 Å². The van der Waals surface area contributed by atoms with E-state index in [2.05, 4.69) is 0 Å². The van der Waals surface area contributed by atoms with E-state index in [4.69, 9.17) is 10.4 Å². The third kappa shape index (κ3) is 2.95. The lowest BCUT2D eigenvalue weighted by molar-refractivity contribution is -0.406. The van der Waals surface area contributed by atoms with Crippen LogP contribution in [0, 0.1) is 11.3 Å². The zero-order valence-corrected chi connectivity index (χ0v) is 10.7. The third-order valence-electron chi connectivity index (χ3n) is 2.87. The van der Waals surface area contributed by atoms with Crippen molar-refractivity contribution in [2.24, 2.45) is 0 Å². The highest BCUT2D eigenvalue weighted by molar-refractivity contribution is 5.33. The molecule has 0 bridgehead atoms. The number of rotatable bonds is 4. The monoisotopic (exact) mass is 351 g/mol. The number of benzene rings is 1. The Hall–Kier alpha value is -1.96. The Morgan fingerprint density at radius 2 is 1.26 bits per heavy atom. The fraction of sp³-hybridized carbons (Fsp3) is 0.417. The van der Waals surface area contributed by atoms with Crippen LogP contribution in [0.5, 0.6) is 0 Å². The largest absolute Gasteiger partial charge is 0.460 e. The summed E-state index contributed by atoms with van der Waals surface area (Å²) in [6.45, 7) is 0. The number of hydrogen-bond acceptors (Lipinski definition) is 2. The van der Waals surface area contributed by atoms with E-state index in [0.717, 1.165) is 12.1 Å². The van der Waals surface area contributed by atoms with Gasteiger partial charge in [0, 0.05) is 0 Å². The zero-order valence-electron chi connectivity index (χ0n) is 10.7. The van der Waals surface area contributed by atoms with E-state index < -0.39 is 35.6 Å². The summed E-state index contributed by atoms with van der Waals surface area (Å²) in [4.78, 5) is 0. The number of nitriles is 1. The molecule has 2 nitrogen and oxygen atoms in total. The molecule has 1 atom stereocenters. The van der Waals surface area contributed by atoms with Gasteiger partial charge in [0.05, 0.1) is 11.6 Å². The van der Waals surface area contributed by atoms with Crippen molar-refractivity contribution in [2.75, 3.05) is 0 Å². The first-order valence-corrected chi connectivity index (χ1v) is 5.58. The van der Waals surface area contributed by atoms with Gasteiger partial charge in [0.15, 0.2) is 0 Å². The smallest absolute Gasteiger partial charge is 0.382 e. The highest BCUT2D eigenvalue weighted by Gasteiger charge is 2.83. The van der Waals surface area contributed by atoms with Crippen LogP contribution in [0.4, 0.5) is 39.5 Å². The van der Waals surface area contributed by atoms with Crippen LogP contribution >= 0.6 is 0 Å². The number of hydrogen-bond donors (Lipinski definition) is 1. The molecule has 128 valence electrons. The molecular formula is C12H6F9NO. The SMILES string of the molecule is N#Cc1ccc(C(O)C(F)(F)C(F)(F)C(F)(F)C(F)(F)F)cc1. The van der Waals surface area contributed by atoms with Crippen molar-refractivity contribution in [3.8, 4) is 6.07 Å². The molecule has 1 aromatic carbocycles. The minimum atomic E-state index is -7.07. The summed E-state index contributed by atoms with van der Waals surface area (Å²) in [5.74, 6) is -20.1. The van der Waals surface area contributed by atoms with E-state index in [9.17, 15) is 39.5 Å². The maximum absolute atomic E-state index is 13.4. The van der Waals surface area contributed by atoms with Crippen LogP contribution in [0.2, 0.25) is 0 Å². The van der Waals surface area contributed by atoms with Crippen LogP contribution in [0.15, 0.2) is 24.3 Å². The fourth-order valence-electron chi connectivity index (χ4n) is 1.51. The Labute approximate surface area is 122 Å². The summed E-state index contributed by atoms with van der Waals surface area (Å²) in [5, 5.41) is 17.6. The van der Waals surface area contributed by atoms with Crippen molar-refractivity contribution in [3.63, 3.8) is 0 Å². The van der Waals surface area contributed by atoms with Crippen molar-refractivity contribution in [1.29, 1.82) is 5.26 Å². The maximum atomic E-state index is 13.4. The molecule has 0 aliphatic rings. The van der Waals surface area contributed by atoms with Gasteiger partial charge in [-0.3, -0.25) is 0 Å². The van der Waals surface area contributed by atoms with Gasteiger partial charge >= 0.3 is 23.9 Å². The molecule has 1 N–H and O–H groups in total. The molecule has 0 amide bonds. The first kappa shape index (κ1) is 19.1. The van der Waals surface area contributed by atoms with Gasteiger partial charge in [-0.2, -0.15) is 44.8 Å². The van der Waals surface area contributed by atoms with E-state index >= 15 is 0 Å². The van der Waals surface area contributed by atoms with Crippen molar-refractivity contribution in [2.45, 2.75) is 30.0 Å². The normalized spacial score (nSPS) is 15.2. The lowest BCUT2D eigenvalue weighted by atomic mass is 9.94. The van der Waals surface area contributed by atoms with Crippen molar-refractivity contribution < 1.29 is 44.6 Å². The predicted octanol–water partition coefficient (Wildman–Crippen LogP) is 4.06. The molecule has 0 saturated heterocycles. The Morgan fingerprint density at radius 3 is 1.61 bits per heavy atom. The number of aliphatic hydroxyl groups excluding tert-OH is 1. The van der Waals surface area contributed by atoms with E-state index in [1.54, 1.807) is 0 Å². The Kier molecular flexibility index (Phi) is 4.64. The van der Waals surface area contributed by atoms with Crippen LogP contribution in [0.25, 0.3) is 0 Å². The third-order valence-corrected chi connectivity index (χ3v) is 2.87. The van der Waals surface area contributed by atoms with Crippen molar-refractivity contribution >= 4 is 0 Å². The average molecular weight is 351 g/mol. The second kappa shape index (κ2) is 5.59. The highest BCUT2D eigenvalue weighted by atomic mass is 19.4. The summed E-state index contributed by atoms with van der Waals surface area (Å²) in [6.07, 6.45) is -10.6. The average Bonchev–Trinajstić information content (AvgIpc) is 2.44. The molecule has 0 fully saturated rings. The van der Waals surface area contributed by atoms with E-state index in [1.807, 2.05) is 0 Å². The molecule has 0 aromatic heterocycles. The molecule has 0 heterocycles. The molecule has 0 saturated carbocycles. The number of aliphatic hydroxyl groups is 1. The molecule has 1 rings (SSSR count). The second-order valence-electron chi connectivity index (χ2n) is 4.41. The standard InChI is InChI=1S/C12H6F9NO/c13-9(14,10(15,16)11(17,18)12(19,20)21)8(23)7-3-1-6(5-22)2-4-7/h1-4,8,23H. The molecule has 0 radical (unpaired) electrons. The minimum absolute atomic E-state index is 0.142. The number of nitrogens with zero attached hydrogens (tertiary/aromatic N) is 1. The molecule has 1 unspecified atom stereocenters. The van der Waals surface area contributed by atoms with Crippen LogP contribution in [-0.4, -0.2) is 29.1 Å². The molecule has 0 aliphatic carbocycles. The summed E-state index contributed by atoms with van der Waals surface area (Å²) in [5.41, 5.74) is -1.21. The van der Waals surface area contributed by atoms with Gasteiger partial charge in [-0.15, -0.1) is 0 Å². The van der Waals surface area contributed by atoms with E-state index in [-0.39, 0.29) is 5.56 Å². The van der Waals surface area contributed by atoms with Crippen molar-refractivity contribution in [3.05, 3.63) is 35.4 Å². The van der Waals surface area contributed by atoms with Crippen LogP contribution in [-0.2, 0) is 0 Å². The molecule has 0 spiro atoms. The van der Waals surface area contributed by atoms with Crippen molar-refractivity contribution in [1.82, 2.24) is 0 Å². The Morgan fingerprint density at radius 1 is 0.826 bits per heavy atom. The first-order chi connectivity index (χ1) is 10.2. The van der Waals surface area contributed by atoms with Gasteiger partial charge in [-0.25, -0.2) is 0 Å². The van der Waals surface area contributed by atoms with Crippen LogP contribution in [0.3, 0.4) is 0 Å². The molecular weight excluding hydrogens is 345 g/mol. The summed E-state index contributed by atoms with van der Waals surface area (Å²) in [7, 11) is 0. The fourth-order valence-corrected chi connectivity index (χ4v) is 1.51. The molecule has 11 heteroatoms. The lowest BCUT2D eigenvalue weighted by Gasteiger charge is -2.35. The Bertz CT molecular complexity index is 600. The highest BCUT2D eigenvalue weighted by Crippen LogP contribution is 2.56. The maximum Gasteiger partial charge on any atom is 0.460 e. The minimum Gasteiger partial charge on any atom is -0.382 e. The van der Waals surface area contributed by atoms with E-state index in [1.165, 1.54) is 6.07 Å². The van der Waals surface area contributed by atoms with Gasteiger partial charge in [0.1, 0.15) is 6.10 Å². The molecule has 1 aromatic rings. The first-order valence-electron chi connectivity index (χ1n) is 5.58. The molecule has 0 aliphatic heterocycles. The second-order valence-corrected chi connectivity index (χ2v) is 4.41.